The smallest absolute Gasteiger partial charge is 0.282 e. The second-order valence-electron chi connectivity index (χ2n) is 7.70. The first kappa shape index (κ1) is 15.7. The molecule has 122 valence electrons. The van der Waals surface area contributed by atoms with Crippen molar-refractivity contribution in [1.29, 1.82) is 0 Å². The zero-order valence-corrected chi connectivity index (χ0v) is 14.2. The Morgan fingerprint density at radius 1 is 1.14 bits per heavy atom. The second kappa shape index (κ2) is 5.80. The number of hydrogen-bond donors (Lipinski definition) is 1. The predicted molar refractivity (Wildman–Crippen MR) is 84.3 cm³/mol. The van der Waals surface area contributed by atoms with Gasteiger partial charge in [0.25, 0.3) is 10.2 Å². The lowest BCUT2D eigenvalue weighted by molar-refractivity contribution is 0.227. The summed E-state index contributed by atoms with van der Waals surface area (Å²) in [5, 5.41) is 3.51. The van der Waals surface area contributed by atoms with E-state index in [9.17, 15) is 8.42 Å². The van der Waals surface area contributed by atoms with E-state index in [1.807, 2.05) is 0 Å². The van der Waals surface area contributed by atoms with E-state index >= 15 is 0 Å². The molecule has 3 rings (SSSR count). The normalized spacial score (nSPS) is 31.6. The molecule has 0 amide bonds. The summed E-state index contributed by atoms with van der Waals surface area (Å²) in [6.07, 6.45) is 6.60. The molecule has 0 radical (unpaired) electrons. The molecular formula is C15H29N3O2S. The number of nitrogens with zero attached hydrogens (tertiary/aromatic N) is 2. The van der Waals surface area contributed by atoms with Crippen LogP contribution in [0.15, 0.2) is 0 Å². The molecule has 2 saturated heterocycles. The lowest BCUT2D eigenvalue weighted by atomic mass is 9.93. The quantitative estimate of drug-likeness (QED) is 0.838. The summed E-state index contributed by atoms with van der Waals surface area (Å²) >= 11 is 0. The van der Waals surface area contributed by atoms with Crippen LogP contribution in [0.2, 0.25) is 0 Å². The van der Waals surface area contributed by atoms with Crippen molar-refractivity contribution in [2.24, 2.45) is 5.41 Å². The molecule has 6 heteroatoms. The van der Waals surface area contributed by atoms with Crippen molar-refractivity contribution < 1.29 is 8.42 Å². The maximum Gasteiger partial charge on any atom is 0.282 e. The van der Waals surface area contributed by atoms with Gasteiger partial charge in [-0.3, -0.25) is 0 Å². The summed E-state index contributed by atoms with van der Waals surface area (Å²) in [5.41, 5.74) is 0.116. The van der Waals surface area contributed by atoms with Gasteiger partial charge in [0.1, 0.15) is 0 Å². The molecule has 3 aliphatic rings. The average Bonchev–Trinajstić information content (AvgIpc) is 3.19. The molecule has 0 aromatic rings. The van der Waals surface area contributed by atoms with Crippen LogP contribution in [0.1, 0.15) is 52.4 Å². The summed E-state index contributed by atoms with van der Waals surface area (Å²) in [6.45, 7) is 7.16. The van der Waals surface area contributed by atoms with Gasteiger partial charge in [0, 0.05) is 38.3 Å². The molecule has 1 aliphatic carbocycles. The Morgan fingerprint density at radius 2 is 1.90 bits per heavy atom. The predicted octanol–water partition coefficient (Wildman–Crippen LogP) is 1.57. The Kier molecular flexibility index (Phi) is 4.34. The molecule has 21 heavy (non-hydrogen) atoms. The van der Waals surface area contributed by atoms with Gasteiger partial charge >= 0.3 is 0 Å². The monoisotopic (exact) mass is 315 g/mol. The molecule has 3 fully saturated rings. The molecular weight excluding hydrogens is 286 g/mol. The maximum absolute atomic E-state index is 13.0. The van der Waals surface area contributed by atoms with Gasteiger partial charge < -0.3 is 5.32 Å². The van der Waals surface area contributed by atoms with Crippen LogP contribution >= 0.6 is 0 Å². The second-order valence-corrected chi connectivity index (χ2v) is 9.58. The van der Waals surface area contributed by atoms with E-state index < -0.39 is 10.2 Å². The Bertz CT molecular complexity index is 473. The van der Waals surface area contributed by atoms with Gasteiger partial charge in [0.15, 0.2) is 0 Å². The number of nitrogens with one attached hydrogen (secondary N) is 1. The van der Waals surface area contributed by atoms with Crippen LogP contribution in [-0.4, -0.2) is 55.3 Å². The molecule has 2 heterocycles. The first-order valence-corrected chi connectivity index (χ1v) is 9.78. The van der Waals surface area contributed by atoms with Crippen LogP contribution in [-0.2, 0) is 10.2 Å². The Hall–Kier alpha value is -0.170. The van der Waals surface area contributed by atoms with E-state index in [0.717, 1.165) is 32.2 Å². The lowest BCUT2D eigenvalue weighted by Gasteiger charge is -2.37. The number of hydrogen-bond acceptors (Lipinski definition) is 3. The van der Waals surface area contributed by atoms with Crippen molar-refractivity contribution in [3.05, 3.63) is 0 Å². The van der Waals surface area contributed by atoms with Crippen molar-refractivity contribution in [3.63, 3.8) is 0 Å². The van der Waals surface area contributed by atoms with E-state index in [0.29, 0.717) is 25.7 Å². The van der Waals surface area contributed by atoms with E-state index in [2.05, 4.69) is 19.2 Å². The third kappa shape index (κ3) is 3.60. The molecule has 0 bridgehead atoms. The summed E-state index contributed by atoms with van der Waals surface area (Å²) in [7, 11) is -3.28. The SMILES string of the molecule is CC1(C)CCN(S(=O)(=O)N2CCCCC2CNC2CC2)C1. The molecule has 0 spiro atoms. The standard InChI is InChI=1S/C15H29N3O2S/c1-15(2)8-10-17(12-15)21(19,20)18-9-4-3-5-14(18)11-16-13-6-7-13/h13-14,16H,3-12H2,1-2H3. The number of piperidine rings is 1. The highest BCUT2D eigenvalue weighted by Crippen LogP contribution is 2.33. The average molecular weight is 315 g/mol. The van der Waals surface area contributed by atoms with Gasteiger partial charge in [-0.05, 0) is 37.5 Å². The fourth-order valence-corrected chi connectivity index (χ4v) is 5.53. The van der Waals surface area contributed by atoms with Crippen LogP contribution in [0.3, 0.4) is 0 Å². The topological polar surface area (TPSA) is 52.7 Å². The highest BCUT2D eigenvalue weighted by atomic mass is 32.2. The number of rotatable bonds is 5. The van der Waals surface area contributed by atoms with Crippen molar-refractivity contribution in [3.8, 4) is 0 Å². The fourth-order valence-electron chi connectivity index (χ4n) is 3.48. The highest BCUT2D eigenvalue weighted by Gasteiger charge is 2.42. The van der Waals surface area contributed by atoms with Gasteiger partial charge in [-0.15, -0.1) is 0 Å². The molecule has 2 aliphatic heterocycles. The van der Waals surface area contributed by atoms with Gasteiger partial charge in [-0.25, -0.2) is 0 Å². The van der Waals surface area contributed by atoms with Crippen LogP contribution < -0.4 is 5.32 Å². The van der Waals surface area contributed by atoms with Gasteiger partial charge in [-0.2, -0.15) is 17.0 Å². The fraction of sp³-hybridized carbons (Fsp3) is 1.00. The summed E-state index contributed by atoms with van der Waals surface area (Å²) in [4.78, 5) is 0. The molecule has 0 aromatic carbocycles. The molecule has 1 N–H and O–H groups in total. The molecule has 1 unspecified atom stereocenters. The third-order valence-corrected chi connectivity index (χ3v) is 7.10. The third-order valence-electron chi connectivity index (χ3n) is 5.06. The molecule has 1 saturated carbocycles. The van der Waals surface area contributed by atoms with Crippen LogP contribution in [0.5, 0.6) is 0 Å². The minimum Gasteiger partial charge on any atom is -0.312 e. The van der Waals surface area contributed by atoms with Crippen molar-refractivity contribution in [2.75, 3.05) is 26.2 Å². The summed E-state index contributed by atoms with van der Waals surface area (Å²) in [5.74, 6) is 0. The minimum absolute atomic E-state index is 0.116. The van der Waals surface area contributed by atoms with E-state index in [-0.39, 0.29) is 11.5 Å². The maximum atomic E-state index is 13.0. The summed E-state index contributed by atoms with van der Waals surface area (Å²) < 4.78 is 29.4. The van der Waals surface area contributed by atoms with E-state index in [1.165, 1.54) is 12.8 Å². The van der Waals surface area contributed by atoms with Gasteiger partial charge in [0.05, 0.1) is 0 Å². The van der Waals surface area contributed by atoms with Gasteiger partial charge in [-0.1, -0.05) is 20.3 Å². The van der Waals surface area contributed by atoms with Crippen LogP contribution in [0.25, 0.3) is 0 Å². The molecule has 0 aromatic heterocycles. The largest absolute Gasteiger partial charge is 0.312 e. The van der Waals surface area contributed by atoms with Crippen molar-refractivity contribution >= 4 is 10.2 Å². The Balaban J connectivity index is 1.68. The van der Waals surface area contributed by atoms with E-state index in [1.54, 1.807) is 8.61 Å². The minimum atomic E-state index is -3.28. The first-order chi connectivity index (χ1) is 9.88. The van der Waals surface area contributed by atoms with Crippen LogP contribution in [0, 0.1) is 5.41 Å². The molecule has 1 atom stereocenters. The van der Waals surface area contributed by atoms with Crippen molar-refractivity contribution in [1.82, 2.24) is 13.9 Å². The zero-order chi connectivity index (χ0) is 15.1. The van der Waals surface area contributed by atoms with E-state index in [4.69, 9.17) is 0 Å². The Labute approximate surface area is 129 Å². The molecule has 5 nitrogen and oxygen atoms in total. The summed E-state index contributed by atoms with van der Waals surface area (Å²) in [6, 6.07) is 0.787. The Morgan fingerprint density at radius 3 is 2.52 bits per heavy atom. The van der Waals surface area contributed by atoms with Gasteiger partial charge in [0.2, 0.25) is 0 Å². The van der Waals surface area contributed by atoms with Crippen LogP contribution in [0.4, 0.5) is 0 Å². The lowest BCUT2D eigenvalue weighted by Crippen LogP contribution is -2.53. The zero-order valence-electron chi connectivity index (χ0n) is 13.3. The highest BCUT2D eigenvalue weighted by molar-refractivity contribution is 7.86. The van der Waals surface area contributed by atoms with Crippen molar-refractivity contribution in [2.45, 2.75) is 64.5 Å². The first-order valence-electron chi connectivity index (χ1n) is 8.39.